The molecule has 3 N–H and O–H groups in total. The van der Waals surface area contributed by atoms with E-state index < -0.39 is 18.2 Å². The quantitative estimate of drug-likeness (QED) is 0.315. The molecule has 1 saturated carbocycles. The summed E-state index contributed by atoms with van der Waals surface area (Å²) in [5.41, 5.74) is 8.61. The number of alkyl halides is 1. The lowest BCUT2D eigenvalue weighted by Crippen LogP contribution is -2.58. The van der Waals surface area contributed by atoms with Crippen LogP contribution in [0, 0.1) is 5.41 Å². The zero-order valence-corrected chi connectivity index (χ0v) is 24.0. The fourth-order valence-electron chi connectivity index (χ4n) is 7.24. The first-order chi connectivity index (χ1) is 20.9. The predicted molar refractivity (Wildman–Crippen MR) is 161 cm³/mol. The Bertz CT molecular complexity index is 1600. The van der Waals surface area contributed by atoms with E-state index in [4.69, 9.17) is 20.7 Å². The zero-order valence-electron chi connectivity index (χ0n) is 24.0. The van der Waals surface area contributed by atoms with Gasteiger partial charge in [0, 0.05) is 24.7 Å². The Morgan fingerprint density at radius 3 is 2.44 bits per heavy atom. The third kappa shape index (κ3) is 5.43. The molecule has 0 amide bonds. The van der Waals surface area contributed by atoms with Crippen molar-refractivity contribution in [1.29, 1.82) is 0 Å². The number of halogens is 1. The predicted octanol–water partition coefficient (Wildman–Crippen LogP) is 4.78. The lowest BCUT2D eigenvalue weighted by atomic mass is 9.59. The number of ether oxygens (including phenoxy) is 1. The number of aliphatic carboxylic acids is 1. The Balaban J connectivity index is 1.05. The van der Waals surface area contributed by atoms with E-state index in [1.807, 2.05) is 59.5 Å². The van der Waals surface area contributed by atoms with Crippen molar-refractivity contribution < 1.29 is 19.0 Å². The van der Waals surface area contributed by atoms with E-state index in [9.17, 15) is 4.79 Å². The lowest BCUT2D eigenvalue weighted by Gasteiger charge is -2.56. The van der Waals surface area contributed by atoms with Crippen molar-refractivity contribution in [1.82, 2.24) is 29.5 Å². The number of nitrogens with two attached hydrogens (primary N) is 1. The number of likely N-dealkylation sites (tertiary alicyclic amines) is 2. The Hall–Kier alpha value is -4.09. The first-order valence-electron chi connectivity index (χ1n) is 15.0. The average Bonchev–Trinajstić information content (AvgIpc) is 3.38. The van der Waals surface area contributed by atoms with Crippen molar-refractivity contribution in [2.45, 2.75) is 50.4 Å². The minimum Gasteiger partial charge on any atom is -0.480 e. The van der Waals surface area contributed by atoms with Crippen LogP contribution in [-0.2, 0) is 4.79 Å². The second-order valence-corrected chi connectivity index (χ2v) is 12.3. The number of hydrogen-bond acceptors (Lipinski definition) is 8. The van der Waals surface area contributed by atoms with Crippen LogP contribution in [0.25, 0.3) is 22.3 Å². The number of nitrogen functional groups attached to an aromatic ring is 1. The van der Waals surface area contributed by atoms with E-state index in [-0.39, 0.29) is 12.0 Å². The summed E-state index contributed by atoms with van der Waals surface area (Å²) in [5, 5.41) is 14.6. The highest BCUT2D eigenvalue weighted by Crippen LogP contribution is 2.51. The maximum atomic E-state index is 16.0. The highest BCUT2D eigenvalue weighted by Gasteiger charge is 2.49. The van der Waals surface area contributed by atoms with Crippen LogP contribution in [0.2, 0.25) is 0 Å². The van der Waals surface area contributed by atoms with Gasteiger partial charge in [0.1, 0.15) is 35.5 Å². The van der Waals surface area contributed by atoms with Crippen molar-refractivity contribution in [2.75, 3.05) is 38.5 Å². The molecule has 0 bridgehead atoms. The third-order valence-electron chi connectivity index (χ3n) is 9.61. The van der Waals surface area contributed by atoms with Gasteiger partial charge in [-0.25, -0.2) is 19.0 Å². The van der Waals surface area contributed by atoms with Crippen molar-refractivity contribution in [3.05, 3.63) is 60.9 Å². The normalized spacial score (nSPS) is 22.9. The van der Waals surface area contributed by atoms with Crippen LogP contribution in [0.5, 0.6) is 11.5 Å². The minimum atomic E-state index is -1.10. The Kier molecular flexibility index (Phi) is 7.22. The number of carboxylic acids is 1. The van der Waals surface area contributed by atoms with Gasteiger partial charge in [-0.1, -0.05) is 18.2 Å². The largest absolute Gasteiger partial charge is 0.480 e. The molecule has 11 heteroatoms. The molecule has 1 aliphatic carbocycles. The number of carbonyl (C=O) groups is 1. The summed E-state index contributed by atoms with van der Waals surface area (Å²) in [5.74, 6) is 0.999. The summed E-state index contributed by atoms with van der Waals surface area (Å²) < 4.78 is 23.6. The minimum absolute atomic E-state index is 0.116. The number of hydrogen-bond donors (Lipinski definition) is 2. The molecular weight excluding hydrogens is 549 g/mol. The highest BCUT2D eigenvalue weighted by molar-refractivity contribution is 5.98. The summed E-state index contributed by atoms with van der Waals surface area (Å²) in [6, 6.07) is 17.1. The molecule has 2 saturated heterocycles. The van der Waals surface area contributed by atoms with E-state index in [1.54, 1.807) is 4.68 Å². The number of fused-ring (bicyclic) bond motifs is 1. The molecule has 3 aliphatic rings. The van der Waals surface area contributed by atoms with E-state index >= 15 is 4.39 Å². The monoisotopic (exact) mass is 585 g/mol. The molecule has 4 aromatic rings. The average molecular weight is 586 g/mol. The van der Waals surface area contributed by atoms with Gasteiger partial charge in [-0.15, -0.1) is 0 Å². The van der Waals surface area contributed by atoms with Crippen LogP contribution in [0.3, 0.4) is 0 Å². The van der Waals surface area contributed by atoms with Gasteiger partial charge in [0.15, 0.2) is 5.65 Å². The molecule has 2 aliphatic heterocycles. The molecule has 0 unspecified atom stereocenters. The summed E-state index contributed by atoms with van der Waals surface area (Å²) in [6.45, 7) is 2.93. The van der Waals surface area contributed by atoms with Crippen molar-refractivity contribution in [2.24, 2.45) is 5.41 Å². The lowest BCUT2D eigenvalue weighted by molar-refractivity contribution is -0.139. The summed E-state index contributed by atoms with van der Waals surface area (Å²) >= 11 is 0. The van der Waals surface area contributed by atoms with Crippen LogP contribution in [0.15, 0.2) is 60.9 Å². The van der Waals surface area contributed by atoms with Gasteiger partial charge in [-0.2, -0.15) is 5.10 Å². The third-order valence-corrected chi connectivity index (χ3v) is 9.61. The zero-order chi connectivity index (χ0) is 29.6. The molecule has 0 radical (unpaired) electrons. The van der Waals surface area contributed by atoms with Gasteiger partial charge in [0.05, 0.1) is 18.0 Å². The van der Waals surface area contributed by atoms with Gasteiger partial charge in [-0.3, -0.25) is 14.6 Å². The van der Waals surface area contributed by atoms with E-state index in [0.717, 1.165) is 56.6 Å². The fourth-order valence-corrected chi connectivity index (χ4v) is 7.24. The van der Waals surface area contributed by atoms with E-state index in [0.29, 0.717) is 47.3 Å². The van der Waals surface area contributed by atoms with Crippen LogP contribution in [0.1, 0.15) is 38.1 Å². The standard InChI is InChI=1S/C32H36FN7O3/c33-25-18-39(22-16-32(17-22)11-14-38(15-12-32)19-27(41)42)13-10-26(25)40-31-28(30(34)35-20-36-31)29(37-40)21-6-8-24(9-7-21)43-23-4-2-1-3-5-23/h1-9,20,22,25-26H,10-19H2,(H,41,42)(H2,34,35,36)/t25-,26-/m1/s1. The van der Waals surface area contributed by atoms with E-state index in [1.165, 1.54) is 6.33 Å². The van der Waals surface area contributed by atoms with Crippen LogP contribution >= 0.6 is 0 Å². The Morgan fingerprint density at radius 2 is 1.74 bits per heavy atom. The summed E-state index contributed by atoms with van der Waals surface area (Å²) in [4.78, 5) is 24.1. The number of aromatic nitrogens is 4. The van der Waals surface area contributed by atoms with Gasteiger partial charge in [0.25, 0.3) is 0 Å². The maximum Gasteiger partial charge on any atom is 0.317 e. The number of nitrogens with zero attached hydrogens (tertiary/aromatic N) is 6. The molecule has 4 heterocycles. The van der Waals surface area contributed by atoms with Crippen LogP contribution in [-0.4, -0.2) is 85.6 Å². The number of anilines is 1. The molecule has 43 heavy (non-hydrogen) atoms. The van der Waals surface area contributed by atoms with Gasteiger partial charge in [0.2, 0.25) is 0 Å². The van der Waals surface area contributed by atoms with Crippen LogP contribution in [0.4, 0.5) is 10.2 Å². The molecule has 1 spiro atoms. The molecule has 2 aromatic carbocycles. The number of rotatable bonds is 7. The summed E-state index contributed by atoms with van der Waals surface area (Å²) in [6.07, 6.45) is 5.11. The molecule has 2 aromatic heterocycles. The topological polar surface area (TPSA) is 123 Å². The first kappa shape index (κ1) is 27.7. The van der Waals surface area contributed by atoms with Crippen molar-refractivity contribution in [3.63, 3.8) is 0 Å². The number of piperidine rings is 2. The Morgan fingerprint density at radius 1 is 1.02 bits per heavy atom. The van der Waals surface area contributed by atoms with Crippen molar-refractivity contribution >= 4 is 22.8 Å². The SMILES string of the molecule is Nc1ncnc2c1c(-c1ccc(Oc3ccccc3)cc1)nn2[C@@H]1CCN(C2CC3(CCN(CC(=O)O)CC3)C2)C[C@H]1F. The van der Waals surface area contributed by atoms with Crippen molar-refractivity contribution in [3.8, 4) is 22.8 Å². The fraction of sp³-hybridized carbons (Fsp3) is 0.438. The summed E-state index contributed by atoms with van der Waals surface area (Å²) in [7, 11) is 0. The van der Waals surface area contributed by atoms with Gasteiger partial charge in [-0.05, 0) is 87.0 Å². The molecule has 3 fully saturated rings. The molecular formula is C32H36FN7O3. The first-order valence-corrected chi connectivity index (χ1v) is 15.0. The Labute approximate surface area is 249 Å². The second kappa shape index (κ2) is 11.2. The van der Waals surface area contributed by atoms with Gasteiger partial charge < -0.3 is 15.6 Å². The molecule has 2 atom stereocenters. The van der Waals surface area contributed by atoms with Gasteiger partial charge >= 0.3 is 5.97 Å². The number of benzene rings is 2. The molecule has 224 valence electrons. The molecule has 10 nitrogen and oxygen atoms in total. The highest BCUT2D eigenvalue weighted by atomic mass is 19.1. The van der Waals surface area contributed by atoms with Crippen LogP contribution < -0.4 is 10.5 Å². The number of carboxylic acid groups (broad SMARTS) is 1. The number of para-hydroxylation sites is 1. The smallest absolute Gasteiger partial charge is 0.317 e. The maximum absolute atomic E-state index is 16.0. The second-order valence-electron chi connectivity index (χ2n) is 12.3. The van der Waals surface area contributed by atoms with E-state index in [2.05, 4.69) is 14.9 Å². The molecule has 7 rings (SSSR count).